The van der Waals surface area contributed by atoms with Crippen LogP contribution >= 0.6 is 27.5 Å². The topological polar surface area (TPSA) is 55.4 Å². The fraction of sp³-hybridized carbons (Fsp3) is 0.176. The third-order valence-corrected chi connectivity index (χ3v) is 4.03. The number of ether oxygens (including phenoxy) is 1. The second-order valence-electron chi connectivity index (χ2n) is 4.89. The number of amides is 1. The molecule has 0 bridgehead atoms. The van der Waals surface area contributed by atoms with Crippen LogP contribution in [0, 0.1) is 0 Å². The molecule has 4 nitrogen and oxygen atoms in total. The van der Waals surface area contributed by atoms with E-state index in [1.807, 2.05) is 24.3 Å². The highest BCUT2D eigenvalue weighted by Crippen LogP contribution is 2.13. The van der Waals surface area contributed by atoms with E-state index < -0.39 is 12.0 Å². The molecule has 0 radical (unpaired) electrons. The largest absolute Gasteiger partial charge is 0.467 e. The molecule has 0 aliphatic heterocycles. The van der Waals surface area contributed by atoms with E-state index in [1.54, 1.807) is 24.3 Å². The second kappa shape index (κ2) is 8.13. The minimum absolute atomic E-state index is 0.347. The first kappa shape index (κ1) is 17.5. The van der Waals surface area contributed by atoms with Crippen molar-refractivity contribution >= 4 is 39.4 Å². The molecule has 0 aliphatic carbocycles. The molecule has 0 aromatic heterocycles. The molecule has 6 heteroatoms. The number of nitrogens with one attached hydrogen (secondary N) is 1. The molecular formula is C17H15BrClNO3. The Hall–Kier alpha value is -1.85. The van der Waals surface area contributed by atoms with Crippen molar-refractivity contribution in [3.63, 3.8) is 0 Å². The first-order chi connectivity index (χ1) is 11.0. The summed E-state index contributed by atoms with van der Waals surface area (Å²) in [6, 6.07) is 13.2. The van der Waals surface area contributed by atoms with Gasteiger partial charge in [0.2, 0.25) is 0 Å². The molecule has 1 atom stereocenters. The highest BCUT2D eigenvalue weighted by Gasteiger charge is 2.22. The summed E-state index contributed by atoms with van der Waals surface area (Å²) in [6.07, 6.45) is 0.347. The summed E-state index contributed by atoms with van der Waals surface area (Å²) in [5.41, 5.74) is 1.35. The lowest BCUT2D eigenvalue weighted by Gasteiger charge is -2.17. The Morgan fingerprint density at radius 3 is 2.30 bits per heavy atom. The highest BCUT2D eigenvalue weighted by atomic mass is 79.9. The zero-order valence-electron chi connectivity index (χ0n) is 12.4. The molecule has 2 aromatic carbocycles. The lowest BCUT2D eigenvalue weighted by molar-refractivity contribution is -0.142. The summed E-state index contributed by atoms with van der Waals surface area (Å²) in [5.74, 6) is -0.843. The van der Waals surface area contributed by atoms with E-state index in [1.165, 1.54) is 7.11 Å². The standard InChI is InChI=1S/C17H15BrClNO3/c1-23-17(22)15(10-11-2-6-13(18)7-3-11)20-16(21)12-4-8-14(19)9-5-12/h2-9,15H,10H2,1H3,(H,20,21)/t15-/m1/s1. The van der Waals surface area contributed by atoms with E-state index in [0.717, 1.165) is 10.0 Å². The van der Waals surface area contributed by atoms with Crippen LogP contribution in [0.2, 0.25) is 5.02 Å². The zero-order valence-corrected chi connectivity index (χ0v) is 14.7. The molecule has 0 heterocycles. The summed E-state index contributed by atoms with van der Waals surface area (Å²) < 4.78 is 5.73. The van der Waals surface area contributed by atoms with E-state index in [-0.39, 0.29) is 5.91 Å². The van der Waals surface area contributed by atoms with Crippen LogP contribution in [0.3, 0.4) is 0 Å². The molecule has 0 spiro atoms. The molecule has 23 heavy (non-hydrogen) atoms. The zero-order chi connectivity index (χ0) is 16.8. The van der Waals surface area contributed by atoms with E-state index >= 15 is 0 Å². The molecule has 2 aromatic rings. The van der Waals surface area contributed by atoms with Crippen molar-refractivity contribution in [2.75, 3.05) is 7.11 Å². The van der Waals surface area contributed by atoms with Crippen molar-refractivity contribution in [1.29, 1.82) is 0 Å². The molecule has 1 amide bonds. The lowest BCUT2D eigenvalue weighted by Crippen LogP contribution is -2.43. The summed E-state index contributed by atoms with van der Waals surface area (Å²) in [5, 5.41) is 3.24. The highest BCUT2D eigenvalue weighted by molar-refractivity contribution is 9.10. The molecule has 0 saturated carbocycles. The van der Waals surface area contributed by atoms with Crippen molar-refractivity contribution in [3.05, 3.63) is 69.2 Å². The maximum absolute atomic E-state index is 12.3. The Kier molecular flexibility index (Phi) is 6.19. The van der Waals surface area contributed by atoms with Gasteiger partial charge in [0.25, 0.3) is 5.91 Å². The van der Waals surface area contributed by atoms with Gasteiger partial charge in [0.05, 0.1) is 7.11 Å². The Morgan fingerprint density at radius 1 is 1.13 bits per heavy atom. The lowest BCUT2D eigenvalue weighted by atomic mass is 10.1. The monoisotopic (exact) mass is 395 g/mol. The average Bonchev–Trinajstić information content (AvgIpc) is 2.56. The Bertz CT molecular complexity index is 686. The van der Waals surface area contributed by atoms with Gasteiger partial charge < -0.3 is 10.1 Å². The van der Waals surface area contributed by atoms with Gasteiger partial charge in [0, 0.05) is 21.5 Å². The van der Waals surface area contributed by atoms with Gasteiger partial charge in [-0.25, -0.2) is 4.79 Å². The number of hydrogen-bond donors (Lipinski definition) is 1. The minimum Gasteiger partial charge on any atom is -0.467 e. The predicted octanol–water partition coefficient (Wildman–Crippen LogP) is 3.62. The average molecular weight is 397 g/mol. The molecule has 0 unspecified atom stereocenters. The van der Waals surface area contributed by atoms with Crippen molar-refractivity contribution in [1.82, 2.24) is 5.32 Å². The van der Waals surface area contributed by atoms with Crippen molar-refractivity contribution < 1.29 is 14.3 Å². The Morgan fingerprint density at radius 2 is 1.74 bits per heavy atom. The van der Waals surface area contributed by atoms with Gasteiger partial charge in [0.1, 0.15) is 6.04 Å². The number of esters is 1. The Balaban J connectivity index is 2.12. The van der Waals surface area contributed by atoms with Gasteiger partial charge in [-0.05, 0) is 42.0 Å². The molecule has 120 valence electrons. The predicted molar refractivity (Wildman–Crippen MR) is 92.6 cm³/mol. The van der Waals surface area contributed by atoms with Gasteiger partial charge >= 0.3 is 5.97 Å². The molecule has 0 aliphatic rings. The molecule has 0 saturated heterocycles. The molecule has 0 fully saturated rings. The number of benzene rings is 2. The molecular weight excluding hydrogens is 382 g/mol. The maximum atomic E-state index is 12.3. The fourth-order valence-corrected chi connectivity index (χ4v) is 2.42. The summed E-state index contributed by atoms with van der Waals surface area (Å²) in [4.78, 5) is 24.2. The first-order valence-corrected chi connectivity index (χ1v) is 8.05. The minimum atomic E-state index is -0.760. The van der Waals surface area contributed by atoms with Gasteiger partial charge in [-0.15, -0.1) is 0 Å². The van der Waals surface area contributed by atoms with Crippen LogP contribution in [0.4, 0.5) is 0 Å². The Labute approximate surface area is 147 Å². The SMILES string of the molecule is COC(=O)[C@@H](Cc1ccc(Br)cc1)NC(=O)c1ccc(Cl)cc1. The van der Waals surface area contributed by atoms with Gasteiger partial charge in [-0.2, -0.15) is 0 Å². The molecule has 1 N–H and O–H groups in total. The van der Waals surface area contributed by atoms with Crippen molar-refractivity contribution in [2.24, 2.45) is 0 Å². The maximum Gasteiger partial charge on any atom is 0.328 e. The number of carbonyl (C=O) groups is 2. The number of hydrogen-bond acceptors (Lipinski definition) is 3. The number of halogens is 2. The van der Waals surface area contributed by atoms with Crippen molar-refractivity contribution in [3.8, 4) is 0 Å². The van der Waals surface area contributed by atoms with Crippen LogP contribution < -0.4 is 5.32 Å². The summed E-state index contributed by atoms with van der Waals surface area (Å²) in [6.45, 7) is 0. The smallest absolute Gasteiger partial charge is 0.328 e. The van der Waals surface area contributed by atoms with Crippen LogP contribution in [0.15, 0.2) is 53.0 Å². The third-order valence-electron chi connectivity index (χ3n) is 3.25. The van der Waals surface area contributed by atoms with Crippen LogP contribution in [0.1, 0.15) is 15.9 Å². The van der Waals surface area contributed by atoms with Crippen LogP contribution in [-0.2, 0) is 16.0 Å². The van der Waals surface area contributed by atoms with Gasteiger partial charge in [-0.3, -0.25) is 4.79 Å². The molecule has 2 rings (SSSR count). The summed E-state index contributed by atoms with van der Waals surface area (Å²) in [7, 11) is 1.30. The third kappa shape index (κ3) is 5.08. The van der Waals surface area contributed by atoms with Crippen LogP contribution in [0.5, 0.6) is 0 Å². The van der Waals surface area contributed by atoms with Gasteiger partial charge in [0.15, 0.2) is 0 Å². The normalized spacial score (nSPS) is 11.6. The fourth-order valence-electron chi connectivity index (χ4n) is 2.03. The van der Waals surface area contributed by atoms with E-state index in [9.17, 15) is 9.59 Å². The van der Waals surface area contributed by atoms with E-state index in [0.29, 0.717) is 17.0 Å². The number of rotatable bonds is 5. The van der Waals surface area contributed by atoms with Crippen molar-refractivity contribution in [2.45, 2.75) is 12.5 Å². The van der Waals surface area contributed by atoms with E-state index in [4.69, 9.17) is 16.3 Å². The first-order valence-electron chi connectivity index (χ1n) is 6.88. The van der Waals surface area contributed by atoms with Crippen LogP contribution in [0.25, 0.3) is 0 Å². The quantitative estimate of drug-likeness (QED) is 0.786. The van der Waals surface area contributed by atoms with E-state index in [2.05, 4.69) is 21.2 Å². The summed E-state index contributed by atoms with van der Waals surface area (Å²) >= 11 is 9.16. The number of methoxy groups -OCH3 is 1. The van der Waals surface area contributed by atoms with Crippen LogP contribution in [-0.4, -0.2) is 25.0 Å². The second-order valence-corrected chi connectivity index (χ2v) is 6.24. The number of carbonyl (C=O) groups excluding carboxylic acids is 2. The van der Waals surface area contributed by atoms with Gasteiger partial charge in [-0.1, -0.05) is 39.7 Å².